The molecule has 0 saturated carbocycles. The van der Waals surface area contributed by atoms with Gasteiger partial charge in [0.2, 0.25) is 0 Å². The molecule has 1 aliphatic rings. The fourth-order valence-corrected chi connectivity index (χ4v) is 1.13. The van der Waals surface area contributed by atoms with E-state index in [0.717, 1.165) is 5.92 Å². The Labute approximate surface area is 63.4 Å². The molecule has 0 bridgehead atoms. The van der Waals surface area contributed by atoms with E-state index in [2.05, 4.69) is 24.5 Å². The minimum absolute atomic E-state index is 0.646. The van der Waals surface area contributed by atoms with E-state index in [9.17, 15) is 0 Å². The summed E-state index contributed by atoms with van der Waals surface area (Å²) < 4.78 is 0. The average molecular weight is 142 g/mol. The Balaban J connectivity index is 1.85. The third kappa shape index (κ3) is 2.67. The molecule has 0 atom stereocenters. The lowest BCUT2D eigenvalue weighted by molar-refractivity contribution is 0.319. The second-order valence-corrected chi connectivity index (χ2v) is 3.42. The molecule has 0 aromatic carbocycles. The van der Waals surface area contributed by atoms with E-state index in [1.807, 2.05) is 0 Å². The first-order chi connectivity index (χ1) is 4.79. The summed E-state index contributed by atoms with van der Waals surface area (Å²) in [6.45, 7) is 8.04. The molecule has 0 aromatic heterocycles. The molecule has 1 rings (SSSR count). The van der Waals surface area contributed by atoms with Crippen molar-refractivity contribution >= 4 is 0 Å². The Morgan fingerprint density at radius 1 is 1.50 bits per heavy atom. The van der Waals surface area contributed by atoms with Gasteiger partial charge in [0, 0.05) is 6.04 Å². The van der Waals surface area contributed by atoms with Crippen LogP contribution in [0, 0.1) is 5.92 Å². The van der Waals surface area contributed by atoms with Crippen LogP contribution in [-0.2, 0) is 0 Å². The monoisotopic (exact) mass is 142 g/mol. The molecule has 0 aliphatic carbocycles. The third-order valence-corrected chi connectivity index (χ3v) is 1.97. The fourth-order valence-electron chi connectivity index (χ4n) is 1.13. The lowest BCUT2D eigenvalue weighted by atomic mass is 9.99. The SMILES string of the molecule is CC(C)NCCC1CNC1. The summed E-state index contributed by atoms with van der Waals surface area (Å²) in [4.78, 5) is 0. The van der Waals surface area contributed by atoms with Gasteiger partial charge < -0.3 is 10.6 Å². The van der Waals surface area contributed by atoms with Crippen LogP contribution >= 0.6 is 0 Å². The lowest BCUT2D eigenvalue weighted by Gasteiger charge is -2.27. The standard InChI is InChI=1S/C8H18N2/c1-7(2)10-4-3-8-5-9-6-8/h7-10H,3-6H2,1-2H3. The van der Waals surface area contributed by atoms with Gasteiger partial charge >= 0.3 is 0 Å². The minimum atomic E-state index is 0.646. The zero-order valence-electron chi connectivity index (χ0n) is 6.98. The summed E-state index contributed by atoms with van der Waals surface area (Å²) in [5, 5.41) is 6.69. The van der Waals surface area contributed by atoms with Crippen molar-refractivity contribution < 1.29 is 0 Å². The van der Waals surface area contributed by atoms with Crippen molar-refractivity contribution in [2.45, 2.75) is 26.3 Å². The summed E-state index contributed by atoms with van der Waals surface area (Å²) in [5.41, 5.74) is 0. The molecule has 1 fully saturated rings. The molecule has 2 heteroatoms. The van der Waals surface area contributed by atoms with Gasteiger partial charge in [-0.1, -0.05) is 13.8 Å². The Hall–Kier alpha value is -0.0800. The highest BCUT2D eigenvalue weighted by Gasteiger charge is 2.15. The number of hydrogen-bond acceptors (Lipinski definition) is 2. The smallest absolute Gasteiger partial charge is 0.00103 e. The molecule has 0 unspecified atom stereocenters. The number of nitrogens with one attached hydrogen (secondary N) is 2. The van der Waals surface area contributed by atoms with Gasteiger partial charge in [-0.15, -0.1) is 0 Å². The summed E-state index contributed by atoms with van der Waals surface area (Å²) in [6.07, 6.45) is 1.34. The molecule has 1 saturated heterocycles. The maximum atomic E-state index is 3.42. The van der Waals surface area contributed by atoms with Crippen LogP contribution in [0.15, 0.2) is 0 Å². The molecule has 10 heavy (non-hydrogen) atoms. The molecule has 0 spiro atoms. The van der Waals surface area contributed by atoms with E-state index in [4.69, 9.17) is 0 Å². The largest absolute Gasteiger partial charge is 0.316 e. The normalized spacial score (nSPS) is 19.5. The van der Waals surface area contributed by atoms with E-state index >= 15 is 0 Å². The Bertz CT molecular complexity index is 87.3. The summed E-state index contributed by atoms with van der Waals surface area (Å²) >= 11 is 0. The molecule has 0 amide bonds. The van der Waals surface area contributed by atoms with Crippen LogP contribution in [0.5, 0.6) is 0 Å². The molecule has 1 heterocycles. The average Bonchev–Trinajstić information content (AvgIpc) is 1.75. The van der Waals surface area contributed by atoms with Crippen molar-refractivity contribution in [3.05, 3.63) is 0 Å². The summed E-state index contributed by atoms with van der Waals surface area (Å²) in [6, 6.07) is 0.646. The van der Waals surface area contributed by atoms with Gasteiger partial charge in [-0.05, 0) is 32.0 Å². The topological polar surface area (TPSA) is 24.1 Å². The highest BCUT2D eigenvalue weighted by Crippen LogP contribution is 2.06. The first-order valence-electron chi connectivity index (χ1n) is 4.23. The van der Waals surface area contributed by atoms with Crippen molar-refractivity contribution in [3.63, 3.8) is 0 Å². The van der Waals surface area contributed by atoms with Gasteiger partial charge in [-0.3, -0.25) is 0 Å². The molecule has 0 radical (unpaired) electrons. The molecular weight excluding hydrogens is 124 g/mol. The fraction of sp³-hybridized carbons (Fsp3) is 1.00. The van der Waals surface area contributed by atoms with Crippen LogP contribution in [-0.4, -0.2) is 25.7 Å². The predicted molar refractivity (Wildman–Crippen MR) is 44.1 cm³/mol. The quantitative estimate of drug-likeness (QED) is 0.600. The van der Waals surface area contributed by atoms with E-state index < -0.39 is 0 Å². The van der Waals surface area contributed by atoms with Gasteiger partial charge in [0.1, 0.15) is 0 Å². The first-order valence-corrected chi connectivity index (χ1v) is 4.23. The molecule has 60 valence electrons. The van der Waals surface area contributed by atoms with Crippen LogP contribution in [0.3, 0.4) is 0 Å². The minimum Gasteiger partial charge on any atom is -0.316 e. The highest BCUT2D eigenvalue weighted by atomic mass is 15.0. The molecule has 2 nitrogen and oxygen atoms in total. The Morgan fingerprint density at radius 3 is 2.60 bits per heavy atom. The summed E-state index contributed by atoms with van der Waals surface area (Å²) in [5.74, 6) is 0.950. The lowest BCUT2D eigenvalue weighted by Crippen LogP contribution is -2.43. The molecular formula is C8H18N2. The van der Waals surface area contributed by atoms with Gasteiger partial charge in [-0.2, -0.15) is 0 Å². The second kappa shape index (κ2) is 3.94. The third-order valence-electron chi connectivity index (χ3n) is 1.97. The Kier molecular flexibility index (Phi) is 3.16. The maximum Gasteiger partial charge on any atom is 0.00103 e. The van der Waals surface area contributed by atoms with Gasteiger partial charge in [-0.25, -0.2) is 0 Å². The molecule has 2 N–H and O–H groups in total. The first kappa shape index (κ1) is 8.02. The van der Waals surface area contributed by atoms with Gasteiger partial charge in [0.15, 0.2) is 0 Å². The van der Waals surface area contributed by atoms with Crippen molar-refractivity contribution in [1.29, 1.82) is 0 Å². The highest BCUT2D eigenvalue weighted by molar-refractivity contribution is 4.75. The van der Waals surface area contributed by atoms with E-state index in [0.29, 0.717) is 6.04 Å². The van der Waals surface area contributed by atoms with Crippen LogP contribution in [0.2, 0.25) is 0 Å². The zero-order valence-corrected chi connectivity index (χ0v) is 6.98. The zero-order chi connectivity index (χ0) is 7.40. The van der Waals surface area contributed by atoms with Crippen LogP contribution in [0.1, 0.15) is 20.3 Å². The van der Waals surface area contributed by atoms with Crippen LogP contribution < -0.4 is 10.6 Å². The second-order valence-electron chi connectivity index (χ2n) is 3.42. The van der Waals surface area contributed by atoms with E-state index in [-0.39, 0.29) is 0 Å². The summed E-state index contributed by atoms with van der Waals surface area (Å²) in [7, 11) is 0. The van der Waals surface area contributed by atoms with Crippen LogP contribution in [0.4, 0.5) is 0 Å². The van der Waals surface area contributed by atoms with Crippen LogP contribution in [0.25, 0.3) is 0 Å². The molecule has 1 aliphatic heterocycles. The van der Waals surface area contributed by atoms with Crippen molar-refractivity contribution in [2.24, 2.45) is 5.92 Å². The van der Waals surface area contributed by atoms with Crippen molar-refractivity contribution in [1.82, 2.24) is 10.6 Å². The predicted octanol–water partition coefficient (Wildman–Crippen LogP) is 0.594. The van der Waals surface area contributed by atoms with E-state index in [1.165, 1.54) is 26.1 Å². The number of hydrogen-bond donors (Lipinski definition) is 2. The van der Waals surface area contributed by atoms with Gasteiger partial charge in [0.25, 0.3) is 0 Å². The van der Waals surface area contributed by atoms with Gasteiger partial charge in [0.05, 0.1) is 0 Å². The van der Waals surface area contributed by atoms with E-state index in [1.54, 1.807) is 0 Å². The Morgan fingerprint density at radius 2 is 2.20 bits per heavy atom. The van der Waals surface area contributed by atoms with Crippen molar-refractivity contribution in [3.8, 4) is 0 Å². The molecule has 0 aromatic rings. The van der Waals surface area contributed by atoms with Crippen molar-refractivity contribution in [2.75, 3.05) is 19.6 Å². The maximum absolute atomic E-state index is 3.42. The number of rotatable bonds is 4.